The fourth-order valence-corrected chi connectivity index (χ4v) is 3.79. The number of rotatable bonds is 9. The molecule has 0 aliphatic heterocycles. The first-order chi connectivity index (χ1) is 14.6. The Labute approximate surface area is 188 Å². The lowest BCUT2D eigenvalue weighted by Gasteiger charge is -2.24. The molecule has 2 aromatic rings. The van der Waals surface area contributed by atoms with E-state index in [2.05, 4.69) is 0 Å². The standard InChI is InChI=1S/C23H30ClN3O4/c1-7-27-16(3)20(15(2)21(27)23(30)31-6)19(28)14-26(13-12-25(4)5)22(29)17-8-10-18(24)11-9-17/h8-11H,7,12-14H2,1-6H3. The third kappa shape index (κ3) is 5.54. The van der Waals surface area contributed by atoms with Crippen molar-refractivity contribution in [1.82, 2.24) is 14.4 Å². The second-order valence-electron chi connectivity index (χ2n) is 7.63. The average molecular weight is 448 g/mol. The highest BCUT2D eigenvalue weighted by Gasteiger charge is 2.28. The molecule has 0 aliphatic carbocycles. The number of aromatic nitrogens is 1. The number of Topliss-reactive ketones (excluding diaryl/α,β-unsaturated/α-hetero) is 1. The van der Waals surface area contributed by atoms with Gasteiger partial charge in [0.05, 0.1) is 13.7 Å². The van der Waals surface area contributed by atoms with Crippen LogP contribution in [0, 0.1) is 13.8 Å². The average Bonchev–Trinajstić information content (AvgIpc) is 2.99. The summed E-state index contributed by atoms with van der Waals surface area (Å²) in [7, 11) is 5.13. The van der Waals surface area contributed by atoms with Crippen molar-refractivity contribution in [3.8, 4) is 0 Å². The Morgan fingerprint density at radius 3 is 2.19 bits per heavy atom. The number of ether oxygens (including phenoxy) is 1. The molecule has 31 heavy (non-hydrogen) atoms. The zero-order valence-corrected chi connectivity index (χ0v) is 19.7. The molecule has 7 nitrogen and oxygen atoms in total. The van der Waals surface area contributed by atoms with Crippen molar-refractivity contribution in [1.29, 1.82) is 0 Å². The zero-order valence-electron chi connectivity index (χ0n) is 19.0. The summed E-state index contributed by atoms with van der Waals surface area (Å²) in [6, 6.07) is 6.60. The number of amides is 1. The highest BCUT2D eigenvalue weighted by molar-refractivity contribution is 6.30. The Hall–Kier alpha value is -2.64. The lowest BCUT2D eigenvalue weighted by atomic mass is 10.0. The molecule has 0 saturated carbocycles. The molecule has 0 aliphatic rings. The van der Waals surface area contributed by atoms with Gasteiger partial charge in [-0.3, -0.25) is 9.59 Å². The molecule has 0 saturated heterocycles. The summed E-state index contributed by atoms with van der Waals surface area (Å²) in [6.07, 6.45) is 0. The fourth-order valence-electron chi connectivity index (χ4n) is 3.66. The maximum Gasteiger partial charge on any atom is 0.354 e. The monoisotopic (exact) mass is 447 g/mol. The first kappa shape index (κ1) is 24.6. The van der Waals surface area contributed by atoms with Crippen molar-refractivity contribution in [2.75, 3.05) is 40.8 Å². The van der Waals surface area contributed by atoms with Gasteiger partial charge < -0.3 is 19.1 Å². The van der Waals surface area contributed by atoms with E-state index in [9.17, 15) is 14.4 Å². The van der Waals surface area contributed by atoms with Gasteiger partial charge in [0.2, 0.25) is 0 Å². The summed E-state index contributed by atoms with van der Waals surface area (Å²) in [4.78, 5) is 42.2. The largest absolute Gasteiger partial charge is 0.464 e. The zero-order chi connectivity index (χ0) is 23.3. The van der Waals surface area contributed by atoms with Crippen LogP contribution in [0.25, 0.3) is 0 Å². The van der Waals surface area contributed by atoms with Crippen LogP contribution >= 0.6 is 11.6 Å². The minimum absolute atomic E-state index is 0.0919. The summed E-state index contributed by atoms with van der Waals surface area (Å²) in [5, 5.41) is 0.537. The maximum atomic E-state index is 13.3. The number of carbonyl (C=O) groups excluding carboxylic acids is 3. The Bertz CT molecular complexity index is 964. The number of ketones is 1. The molecule has 2 rings (SSSR count). The topological polar surface area (TPSA) is 71.9 Å². The number of methoxy groups -OCH3 is 1. The van der Waals surface area contributed by atoms with Crippen LogP contribution in [0.15, 0.2) is 24.3 Å². The highest BCUT2D eigenvalue weighted by atomic mass is 35.5. The number of esters is 1. The van der Waals surface area contributed by atoms with E-state index in [0.717, 1.165) is 0 Å². The van der Waals surface area contributed by atoms with Crippen molar-refractivity contribution >= 4 is 29.3 Å². The van der Waals surface area contributed by atoms with Gasteiger partial charge >= 0.3 is 5.97 Å². The first-order valence-corrected chi connectivity index (χ1v) is 10.5. The summed E-state index contributed by atoms with van der Waals surface area (Å²) in [5.74, 6) is -0.943. The Morgan fingerprint density at radius 1 is 1.06 bits per heavy atom. The molecule has 1 heterocycles. The van der Waals surface area contributed by atoms with Crippen LogP contribution in [0.5, 0.6) is 0 Å². The molecule has 168 valence electrons. The van der Waals surface area contributed by atoms with E-state index in [4.69, 9.17) is 16.3 Å². The van der Waals surface area contributed by atoms with Crippen LogP contribution in [0.1, 0.15) is 49.4 Å². The van der Waals surface area contributed by atoms with Gasteiger partial charge in [-0.2, -0.15) is 0 Å². The number of benzene rings is 1. The number of hydrogen-bond acceptors (Lipinski definition) is 5. The number of hydrogen-bond donors (Lipinski definition) is 0. The van der Waals surface area contributed by atoms with Gasteiger partial charge in [0.15, 0.2) is 5.78 Å². The van der Waals surface area contributed by atoms with Gasteiger partial charge in [-0.25, -0.2) is 4.79 Å². The Morgan fingerprint density at radius 2 is 1.68 bits per heavy atom. The molecule has 1 amide bonds. The van der Waals surface area contributed by atoms with Gasteiger partial charge in [-0.05, 0) is 64.7 Å². The molecule has 8 heteroatoms. The van der Waals surface area contributed by atoms with Crippen LogP contribution in [-0.2, 0) is 11.3 Å². The molecular weight excluding hydrogens is 418 g/mol. The van der Waals surface area contributed by atoms with Gasteiger partial charge in [0.1, 0.15) is 5.69 Å². The quantitative estimate of drug-likeness (QED) is 0.435. The van der Waals surface area contributed by atoms with E-state index in [-0.39, 0.29) is 18.2 Å². The maximum absolute atomic E-state index is 13.3. The molecule has 0 unspecified atom stereocenters. The van der Waals surface area contributed by atoms with Crippen molar-refractivity contribution in [3.05, 3.63) is 57.4 Å². The predicted molar refractivity (Wildman–Crippen MR) is 121 cm³/mol. The van der Waals surface area contributed by atoms with Gasteiger partial charge in [0.25, 0.3) is 5.91 Å². The number of likely N-dealkylation sites (N-methyl/N-ethyl adjacent to an activating group) is 1. The lowest BCUT2D eigenvalue weighted by Crippen LogP contribution is -2.40. The molecular formula is C23H30ClN3O4. The molecule has 0 N–H and O–H groups in total. The van der Waals surface area contributed by atoms with E-state index in [1.165, 1.54) is 12.0 Å². The van der Waals surface area contributed by atoms with E-state index >= 15 is 0 Å². The van der Waals surface area contributed by atoms with Gasteiger partial charge in [-0.1, -0.05) is 11.6 Å². The van der Waals surface area contributed by atoms with E-state index < -0.39 is 5.97 Å². The molecule has 0 atom stereocenters. The van der Waals surface area contributed by atoms with E-state index in [1.54, 1.807) is 42.7 Å². The fraction of sp³-hybridized carbons (Fsp3) is 0.435. The number of nitrogens with zero attached hydrogens (tertiary/aromatic N) is 3. The molecule has 1 aromatic heterocycles. The van der Waals surface area contributed by atoms with E-state index in [0.29, 0.717) is 52.7 Å². The summed E-state index contributed by atoms with van der Waals surface area (Å²) >= 11 is 5.94. The third-order valence-electron chi connectivity index (χ3n) is 5.27. The minimum Gasteiger partial charge on any atom is -0.464 e. The van der Waals surface area contributed by atoms with Gasteiger partial charge in [-0.15, -0.1) is 0 Å². The van der Waals surface area contributed by atoms with E-state index in [1.807, 2.05) is 25.9 Å². The van der Waals surface area contributed by atoms with Crippen molar-refractivity contribution in [2.24, 2.45) is 0 Å². The number of halogens is 1. The molecule has 1 aromatic carbocycles. The minimum atomic E-state index is -0.483. The normalized spacial score (nSPS) is 11.0. The summed E-state index contributed by atoms with van der Waals surface area (Å²) in [5.41, 5.74) is 2.56. The summed E-state index contributed by atoms with van der Waals surface area (Å²) in [6.45, 7) is 6.88. The predicted octanol–water partition coefficient (Wildman–Crippen LogP) is 3.45. The number of carbonyl (C=O) groups is 3. The molecule has 0 bridgehead atoms. The smallest absolute Gasteiger partial charge is 0.354 e. The van der Waals surface area contributed by atoms with Crippen molar-refractivity contribution in [3.63, 3.8) is 0 Å². The molecule has 0 fully saturated rings. The highest BCUT2D eigenvalue weighted by Crippen LogP contribution is 2.24. The molecule has 0 spiro atoms. The SMILES string of the molecule is CCn1c(C)c(C(=O)CN(CCN(C)C)C(=O)c2ccc(Cl)cc2)c(C)c1C(=O)OC. The van der Waals surface area contributed by atoms with Crippen LogP contribution in [0.2, 0.25) is 5.02 Å². The van der Waals surface area contributed by atoms with Crippen LogP contribution in [0.3, 0.4) is 0 Å². The molecule has 0 radical (unpaired) electrons. The third-order valence-corrected chi connectivity index (χ3v) is 5.52. The Balaban J connectivity index is 2.39. The van der Waals surface area contributed by atoms with Crippen LogP contribution in [-0.4, -0.2) is 72.9 Å². The van der Waals surface area contributed by atoms with Crippen LogP contribution < -0.4 is 0 Å². The second-order valence-corrected chi connectivity index (χ2v) is 8.07. The lowest BCUT2D eigenvalue weighted by molar-refractivity contribution is 0.0587. The second kappa shape index (κ2) is 10.6. The van der Waals surface area contributed by atoms with Crippen LogP contribution in [0.4, 0.5) is 0 Å². The van der Waals surface area contributed by atoms with Gasteiger partial charge in [0, 0.05) is 41.5 Å². The van der Waals surface area contributed by atoms with Crippen molar-refractivity contribution in [2.45, 2.75) is 27.3 Å². The first-order valence-electron chi connectivity index (χ1n) is 10.1. The Kier molecular flexibility index (Phi) is 8.42. The van der Waals surface area contributed by atoms with Crippen molar-refractivity contribution < 1.29 is 19.1 Å². The summed E-state index contributed by atoms with van der Waals surface area (Å²) < 4.78 is 6.68.